The summed E-state index contributed by atoms with van der Waals surface area (Å²) >= 11 is 1.52. The number of thioether (sulfide) groups is 1. The van der Waals surface area contributed by atoms with Crippen molar-refractivity contribution in [2.45, 2.75) is 31.3 Å². The Morgan fingerprint density at radius 3 is 2.35 bits per heavy atom. The van der Waals surface area contributed by atoms with Gasteiger partial charge in [0.25, 0.3) is 0 Å². The summed E-state index contributed by atoms with van der Waals surface area (Å²) in [5.41, 5.74) is 1.36. The van der Waals surface area contributed by atoms with Crippen LogP contribution in [0.5, 0.6) is 0 Å². The van der Waals surface area contributed by atoms with Crippen molar-refractivity contribution in [1.82, 2.24) is 10.2 Å². The van der Waals surface area contributed by atoms with Gasteiger partial charge in [-0.3, -0.25) is 24.6 Å². The summed E-state index contributed by atoms with van der Waals surface area (Å²) < 4.78 is 5.52. The van der Waals surface area contributed by atoms with E-state index in [1.807, 2.05) is 79.9 Å². The molecule has 196 valence electrons. The molecule has 2 saturated heterocycles. The third-order valence-corrected chi connectivity index (χ3v) is 7.81. The summed E-state index contributed by atoms with van der Waals surface area (Å²) in [6.07, 6.45) is 7.02. The molecule has 2 N–H and O–H groups in total. The van der Waals surface area contributed by atoms with Crippen LogP contribution in [0, 0.1) is 11.8 Å². The lowest BCUT2D eigenvalue weighted by Crippen LogP contribution is -2.56. The number of ether oxygens (including phenoxy) is 1. The van der Waals surface area contributed by atoms with E-state index in [9.17, 15) is 19.5 Å². The second-order valence-electron chi connectivity index (χ2n) is 9.50. The standard InChI is InChI=1S/C29H34N2O5S/c1-3-17-36-18-16-31-26(32)23-24(27(31)33)29(28(34)35,15-19-37-2)30-25(23)22-13-11-21(12-14-22)10-9-20-7-5-4-6-8-20/h4-14,23-25,30H,3,15-19H2,1-2H3,(H,34,35)/b10-9+. The Kier molecular flexibility index (Phi) is 8.84. The number of carbonyl (C=O) groups excluding carboxylic acids is 2. The zero-order chi connectivity index (χ0) is 26.4. The lowest BCUT2D eigenvalue weighted by molar-refractivity contribution is -0.151. The number of hydrogen-bond donors (Lipinski definition) is 2. The second-order valence-corrected chi connectivity index (χ2v) is 10.5. The molecule has 2 aromatic carbocycles. The van der Waals surface area contributed by atoms with Crippen LogP contribution in [0.15, 0.2) is 54.6 Å². The predicted molar refractivity (Wildman–Crippen MR) is 146 cm³/mol. The molecule has 2 aliphatic rings. The summed E-state index contributed by atoms with van der Waals surface area (Å²) in [7, 11) is 0. The van der Waals surface area contributed by atoms with Gasteiger partial charge in [0.05, 0.1) is 25.0 Å². The SMILES string of the molecule is CCCOCCN1C(=O)C2C(c3ccc(/C=C/c4ccccc4)cc3)NC(CCSC)(C(=O)O)C2C1=O. The number of likely N-dealkylation sites (tertiary alicyclic amines) is 1. The molecule has 0 bridgehead atoms. The fraction of sp³-hybridized carbons (Fsp3) is 0.414. The highest BCUT2D eigenvalue weighted by molar-refractivity contribution is 7.98. The minimum atomic E-state index is -1.50. The van der Waals surface area contributed by atoms with E-state index in [0.29, 0.717) is 12.4 Å². The lowest BCUT2D eigenvalue weighted by atomic mass is 9.78. The molecule has 2 heterocycles. The van der Waals surface area contributed by atoms with Gasteiger partial charge in [0, 0.05) is 12.6 Å². The van der Waals surface area contributed by atoms with Gasteiger partial charge in [-0.05, 0) is 41.5 Å². The maximum atomic E-state index is 13.6. The third-order valence-electron chi connectivity index (χ3n) is 7.20. The number of nitrogens with one attached hydrogen (secondary N) is 1. The van der Waals surface area contributed by atoms with Gasteiger partial charge in [0.2, 0.25) is 11.8 Å². The first-order valence-corrected chi connectivity index (χ1v) is 14.1. The number of nitrogens with zero attached hydrogens (tertiary/aromatic N) is 1. The maximum Gasteiger partial charge on any atom is 0.324 e. The highest BCUT2D eigenvalue weighted by atomic mass is 32.2. The van der Waals surface area contributed by atoms with Gasteiger partial charge in [-0.2, -0.15) is 11.8 Å². The summed E-state index contributed by atoms with van der Waals surface area (Å²) in [6.45, 7) is 2.92. The highest BCUT2D eigenvalue weighted by Gasteiger charge is 2.68. The van der Waals surface area contributed by atoms with Crippen LogP contribution in [0.25, 0.3) is 12.2 Å². The monoisotopic (exact) mass is 522 g/mol. The number of carbonyl (C=O) groups is 3. The van der Waals surface area contributed by atoms with Crippen molar-refractivity contribution in [3.8, 4) is 0 Å². The van der Waals surface area contributed by atoms with E-state index in [-0.39, 0.29) is 25.5 Å². The smallest absolute Gasteiger partial charge is 0.324 e. The molecule has 4 unspecified atom stereocenters. The number of hydrogen-bond acceptors (Lipinski definition) is 6. The molecular weight excluding hydrogens is 488 g/mol. The highest BCUT2D eigenvalue weighted by Crippen LogP contribution is 2.50. The molecule has 0 spiro atoms. The van der Waals surface area contributed by atoms with Crippen molar-refractivity contribution in [3.63, 3.8) is 0 Å². The van der Waals surface area contributed by atoms with E-state index in [2.05, 4.69) is 5.32 Å². The largest absolute Gasteiger partial charge is 0.480 e. The summed E-state index contributed by atoms with van der Waals surface area (Å²) in [5, 5.41) is 13.6. The number of rotatable bonds is 12. The first-order chi connectivity index (χ1) is 17.9. The van der Waals surface area contributed by atoms with Gasteiger partial charge in [-0.1, -0.05) is 73.7 Å². The van der Waals surface area contributed by atoms with Gasteiger partial charge < -0.3 is 9.84 Å². The number of imide groups is 1. The Bertz CT molecular complexity index is 1140. The summed E-state index contributed by atoms with van der Waals surface area (Å²) in [4.78, 5) is 41.0. The Balaban J connectivity index is 1.62. The number of carboxylic acids is 1. The summed E-state index contributed by atoms with van der Waals surface area (Å²) in [5.74, 6) is -3.02. The number of amides is 2. The zero-order valence-electron chi connectivity index (χ0n) is 21.3. The van der Waals surface area contributed by atoms with E-state index >= 15 is 0 Å². The Morgan fingerprint density at radius 1 is 1.05 bits per heavy atom. The molecule has 0 saturated carbocycles. The van der Waals surface area contributed by atoms with Crippen LogP contribution in [0.3, 0.4) is 0 Å². The number of carboxylic acid groups (broad SMARTS) is 1. The molecule has 4 atom stereocenters. The average molecular weight is 523 g/mol. The molecule has 0 radical (unpaired) electrons. The van der Waals surface area contributed by atoms with Gasteiger partial charge in [-0.25, -0.2) is 0 Å². The Morgan fingerprint density at radius 2 is 1.73 bits per heavy atom. The summed E-state index contributed by atoms with van der Waals surface area (Å²) in [6, 6.07) is 17.1. The zero-order valence-corrected chi connectivity index (χ0v) is 22.1. The molecule has 4 rings (SSSR count). The van der Waals surface area contributed by atoms with Gasteiger partial charge in [-0.15, -0.1) is 0 Å². The van der Waals surface area contributed by atoms with E-state index in [1.165, 1.54) is 16.7 Å². The molecule has 0 aliphatic carbocycles. The molecule has 2 aliphatic heterocycles. The topological polar surface area (TPSA) is 95.9 Å². The second kappa shape index (κ2) is 12.1. The van der Waals surface area contributed by atoms with Crippen molar-refractivity contribution in [2.24, 2.45) is 11.8 Å². The first kappa shape index (κ1) is 27.1. The van der Waals surface area contributed by atoms with Crippen molar-refractivity contribution in [3.05, 3.63) is 71.3 Å². The third kappa shape index (κ3) is 5.51. The van der Waals surface area contributed by atoms with E-state index in [0.717, 1.165) is 23.1 Å². The van der Waals surface area contributed by atoms with Crippen LogP contribution in [0.1, 0.15) is 42.5 Å². The van der Waals surface area contributed by atoms with Crippen LogP contribution in [-0.2, 0) is 19.1 Å². The van der Waals surface area contributed by atoms with Gasteiger partial charge in [0.15, 0.2) is 0 Å². The number of benzene rings is 2. The number of aliphatic carboxylic acids is 1. The molecule has 8 heteroatoms. The van der Waals surface area contributed by atoms with Gasteiger partial charge in [0.1, 0.15) is 5.54 Å². The van der Waals surface area contributed by atoms with Crippen molar-refractivity contribution in [1.29, 1.82) is 0 Å². The normalized spacial score (nSPS) is 25.2. The maximum absolute atomic E-state index is 13.6. The van der Waals surface area contributed by atoms with Crippen molar-refractivity contribution in [2.75, 3.05) is 31.8 Å². The lowest BCUT2D eigenvalue weighted by Gasteiger charge is -2.31. The van der Waals surface area contributed by atoms with E-state index < -0.39 is 35.3 Å². The van der Waals surface area contributed by atoms with Crippen LogP contribution < -0.4 is 5.32 Å². The average Bonchev–Trinajstić information content (AvgIpc) is 3.39. The van der Waals surface area contributed by atoms with Crippen LogP contribution >= 0.6 is 11.8 Å². The van der Waals surface area contributed by atoms with Crippen molar-refractivity contribution >= 4 is 41.7 Å². The Hall–Kier alpha value is -2.94. The van der Waals surface area contributed by atoms with Crippen LogP contribution in [-0.4, -0.2) is 65.1 Å². The fourth-order valence-corrected chi connectivity index (χ4v) is 5.86. The van der Waals surface area contributed by atoms with Crippen molar-refractivity contribution < 1.29 is 24.2 Å². The molecule has 7 nitrogen and oxygen atoms in total. The number of fused-ring (bicyclic) bond motifs is 1. The van der Waals surface area contributed by atoms with E-state index in [1.54, 1.807) is 0 Å². The fourth-order valence-electron chi connectivity index (χ4n) is 5.34. The van der Waals surface area contributed by atoms with Crippen LogP contribution in [0.2, 0.25) is 0 Å². The first-order valence-electron chi connectivity index (χ1n) is 12.7. The molecule has 2 aromatic rings. The van der Waals surface area contributed by atoms with E-state index in [4.69, 9.17) is 4.74 Å². The minimum absolute atomic E-state index is 0.138. The molecule has 2 amide bonds. The van der Waals surface area contributed by atoms with Crippen LogP contribution in [0.4, 0.5) is 0 Å². The van der Waals surface area contributed by atoms with Gasteiger partial charge >= 0.3 is 5.97 Å². The Labute approximate surface area is 222 Å². The molecule has 0 aromatic heterocycles. The molecule has 2 fully saturated rings. The predicted octanol–water partition coefficient (Wildman–Crippen LogP) is 4.11. The molecule has 37 heavy (non-hydrogen) atoms. The molecular formula is C29H34N2O5S. The quantitative estimate of drug-likeness (QED) is 0.246. The minimum Gasteiger partial charge on any atom is -0.480 e.